The van der Waals surface area contributed by atoms with Crippen molar-refractivity contribution in [3.63, 3.8) is 0 Å². The van der Waals surface area contributed by atoms with Gasteiger partial charge in [0.25, 0.3) is 0 Å². The number of benzene rings is 1. The fourth-order valence-electron chi connectivity index (χ4n) is 3.23. The molecule has 1 aliphatic heterocycles. The van der Waals surface area contributed by atoms with Crippen molar-refractivity contribution in [2.45, 2.75) is 58.3 Å². The number of carboxylic acids is 1. The van der Waals surface area contributed by atoms with E-state index in [4.69, 9.17) is 23.7 Å². The Hall–Kier alpha value is -3.67. The van der Waals surface area contributed by atoms with Crippen LogP contribution in [0.15, 0.2) is 24.3 Å². The van der Waals surface area contributed by atoms with Crippen molar-refractivity contribution < 1.29 is 52.8 Å². The Bertz CT molecular complexity index is 915. The first-order chi connectivity index (χ1) is 15.5. The molecule has 1 saturated heterocycles. The first-order valence-corrected chi connectivity index (χ1v) is 9.88. The van der Waals surface area contributed by atoms with Gasteiger partial charge in [0.05, 0.1) is 5.56 Å². The maximum Gasteiger partial charge on any atom is 0.335 e. The van der Waals surface area contributed by atoms with Crippen molar-refractivity contribution in [1.82, 2.24) is 5.32 Å². The molecule has 12 heteroatoms. The Morgan fingerprint density at radius 2 is 1.61 bits per heavy atom. The van der Waals surface area contributed by atoms with Gasteiger partial charge in [-0.25, -0.2) is 4.79 Å². The topological polar surface area (TPSA) is 164 Å². The number of carbonyl (C=O) groups excluding carboxylic acids is 4. The fourth-order valence-corrected chi connectivity index (χ4v) is 3.23. The number of hydrogen-bond acceptors (Lipinski definition) is 10. The van der Waals surface area contributed by atoms with Gasteiger partial charge in [-0.15, -0.1) is 0 Å². The second-order valence-corrected chi connectivity index (χ2v) is 7.17. The smallest absolute Gasteiger partial charge is 0.335 e. The van der Waals surface area contributed by atoms with Crippen LogP contribution in [0.1, 0.15) is 38.1 Å². The third-order valence-corrected chi connectivity index (χ3v) is 4.40. The molecule has 1 heterocycles. The molecule has 1 aromatic carbocycles. The van der Waals surface area contributed by atoms with Gasteiger partial charge >= 0.3 is 23.9 Å². The van der Waals surface area contributed by atoms with Crippen LogP contribution in [0.5, 0.6) is 5.75 Å². The van der Waals surface area contributed by atoms with Crippen molar-refractivity contribution in [2.24, 2.45) is 0 Å². The largest absolute Gasteiger partial charge is 0.478 e. The van der Waals surface area contributed by atoms with E-state index in [0.717, 1.165) is 13.8 Å². The number of ether oxygens (including phenoxy) is 5. The SMILES string of the molecule is CC(=O)N[C@@H]1[C@H](Oc2cccc(C(=O)O)c2)O[C@H](COC(C)=O)[C@H](OC(C)=O)[C@@H]1OC(C)=O. The lowest BCUT2D eigenvalue weighted by Gasteiger charge is -2.44. The third-order valence-electron chi connectivity index (χ3n) is 4.40. The Morgan fingerprint density at radius 1 is 0.970 bits per heavy atom. The fraction of sp³-hybridized carbons (Fsp3) is 0.476. The Balaban J connectivity index is 2.47. The lowest BCUT2D eigenvalue weighted by molar-refractivity contribution is -0.257. The van der Waals surface area contributed by atoms with Gasteiger partial charge in [-0.1, -0.05) is 6.07 Å². The van der Waals surface area contributed by atoms with Crippen LogP contribution in [0.2, 0.25) is 0 Å². The van der Waals surface area contributed by atoms with Crippen molar-refractivity contribution in [1.29, 1.82) is 0 Å². The van der Waals surface area contributed by atoms with Gasteiger partial charge in [0.1, 0.15) is 24.5 Å². The molecule has 5 atom stereocenters. The average molecular weight is 467 g/mol. The number of rotatable bonds is 8. The Labute approximate surface area is 189 Å². The molecule has 2 rings (SSSR count). The number of carboxylic acid groups (broad SMARTS) is 1. The van der Waals surface area contributed by atoms with Crippen LogP contribution in [0.4, 0.5) is 0 Å². The van der Waals surface area contributed by atoms with Crippen LogP contribution in [0, 0.1) is 0 Å². The van der Waals surface area contributed by atoms with Gasteiger partial charge in [-0.2, -0.15) is 0 Å². The Morgan fingerprint density at radius 3 is 2.15 bits per heavy atom. The lowest BCUT2D eigenvalue weighted by Crippen LogP contribution is -2.67. The first-order valence-electron chi connectivity index (χ1n) is 9.88. The zero-order valence-electron chi connectivity index (χ0n) is 18.4. The minimum absolute atomic E-state index is 0.0647. The number of amides is 1. The molecule has 0 unspecified atom stereocenters. The number of esters is 3. The summed E-state index contributed by atoms with van der Waals surface area (Å²) in [5, 5.41) is 11.8. The van der Waals surface area contributed by atoms with E-state index in [0.29, 0.717) is 0 Å². The van der Waals surface area contributed by atoms with E-state index >= 15 is 0 Å². The summed E-state index contributed by atoms with van der Waals surface area (Å²) in [5.41, 5.74) is -0.0647. The van der Waals surface area contributed by atoms with Crippen molar-refractivity contribution in [3.05, 3.63) is 29.8 Å². The maximum absolute atomic E-state index is 11.9. The van der Waals surface area contributed by atoms with Crippen LogP contribution in [0.3, 0.4) is 0 Å². The molecule has 2 N–H and O–H groups in total. The van der Waals surface area contributed by atoms with E-state index in [-0.39, 0.29) is 17.9 Å². The normalized spacial score (nSPS) is 24.2. The number of carbonyl (C=O) groups is 5. The minimum atomic E-state index is -1.34. The second kappa shape index (κ2) is 11.3. The van der Waals surface area contributed by atoms with E-state index in [1.807, 2.05) is 0 Å². The maximum atomic E-state index is 11.9. The zero-order valence-corrected chi connectivity index (χ0v) is 18.4. The van der Waals surface area contributed by atoms with Crippen LogP contribution >= 0.6 is 0 Å². The summed E-state index contributed by atoms with van der Waals surface area (Å²) < 4.78 is 27.3. The summed E-state index contributed by atoms with van der Waals surface area (Å²) in [6.07, 6.45) is -5.01. The molecule has 0 aliphatic carbocycles. The molecule has 180 valence electrons. The lowest BCUT2D eigenvalue weighted by atomic mass is 9.96. The summed E-state index contributed by atoms with van der Waals surface area (Å²) in [7, 11) is 0. The molecule has 0 aromatic heterocycles. The summed E-state index contributed by atoms with van der Waals surface area (Å²) >= 11 is 0. The molecule has 1 amide bonds. The van der Waals surface area contributed by atoms with Crippen LogP contribution < -0.4 is 10.1 Å². The number of hydrogen-bond donors (Lipinski definition) is 2. The third kappa shape index (κ3) is 7.45. The minimum Gasteiger partial charge on any atom is -0.478 e. The van der Waals surface area contributed by atoms with Gasteiger partial charge in [0.15, 0.2) is 12.2 Å². The predicted molar refractivity (Wildman–Crippen MR) is 108 cm³/mol. The molecule has 1 fully saturated rings. The van der Waals surface area contributed by atoms with Gasteiger partial charge in [-0.3, -0.25) is 19.2 Å². The molecular formula is C21H25NO11. The van der Waals surface area contributed by atoms with E-state index in [2.05, 4.69) is 5.32 Å². The summed E-state index contributed by atoms with van der Waals surface area (Å²) in [4.78, 5) is 58.1. The van der Waals surface area contributed by atoms with Gasteiger partial charge in [0.2, 0.25) is 12.2 Å². The molecule has 0 radical (unpaired) electrons. The van der Waals surface area contributed by atoms with Crippen molar-refractivity contribution in [2.75, 3.05) is 6.61 Å². The molecule has 33 heavy (non-hydrogen) atoms. The molecular weight excluding hydrogens is 442 g/mol. The van der Waals surface area contributed by atoms with Gasteiger partial charge in [0, 0.05) is 27.7 Å². The number of aromatic carboxylic acids is 1. The highest BCUT2D eigenvalue weighted by molar-refractivity contribution is 5.88. The Kier molecular flexibility index (Phi) is 8.74. The number of nitrogens with one attached hydrogen (secondary N) is 1. The molecule has 0 saturated carbocycles. The molecule has 1 aliphatic rings. The summed E-state index contributed by atoms with van der Waals surface area (Å²) in [5.74, 6) is -3.76. The summed E-state index contributed by atoms with van der Waals surface area (Å²) in [6, 6.07) is 4.32. The standard InChI is InChI=1S/C21H25NO11/c1-10(23)22-17-19(31-13(4)26)18(30-12(3)25)16(9-29-11(2)24)33-21(17)32-15-7-5-6-14(8-15)20(27)28/h5-8,16-19,21H,9H2,1-4H3,(H,22,23)(H,27,28)/t16-,17+,18+,19-,21-/m1/s1. The van der Waals surface area contributed by atoms with Crippen LogP contribution in [0.25, 0.3) is 0 Å². The van der Waals surface area contributed by atoms with Gasteiger partial charge in [-0.05, 0) is 18.2 Å². The van der Waals surface area contributed by atoms with Crippen molar-refractivity contribution in [3.8, 4) is 5.75 Å². The van der Waals surface area contributed by atoms with E-state index in [9.17, 15) is 29.1 Å². The predicted octanol–water partition coefficient (Wildman–Crippen LogP) is 0.420. The first kappa shape index (κ1) is 25.6. The highest BCUT2D eigenvalue weighted by atomic mass is 16.7. The quantitative estimate of drug-likeness (QED) is 0.402. The van der Waals surface area contributed by atoms with Crippen LogP contribution in [-0.2, 0) is 38.1 Å². The molecule has 12 nitrogen and oxygen atoms in total. The van der Waals surface area contributed by atoms with E-state index in [1.165, 1.54) is 38.1 Å². The van der Waals surface area contributed by atoms with E-state index in [1.54, 1.807) is 0 Å². The average Bonchev–Trinajstić information content (AvgIpc) is 2.70. The highest BCUT2D eigenvalue weighted by Crippen LogP contribution is 2.29. The zero-order chi connectivity index (χ0) is 24.7. The molecule has 0 bridgehead atoms. The second-order valence-electron chi connectivity index (χ2n) is 7.17. The van der Waals surface area contributed by atoms with Gasteiger partial charge < -0.3 is 34.1 Å². The van der Waals surface area contributed by atoms with Crippen LogP contribution in [-0.4, -0.2) is 72.1 Å². The summed E-state index contributed by atoms with van der Waals surface area (Å²) in [6.45, 7) is 4.24. The van der Waals surface area contributed by atoms with Crippen molar-refractivity contribution >= 4 is 29.8 Å². The monoisotopic (exact) mass is 467 g/mol. The molecule has 1 aromatic rings. The molecule has 0 spiro atoms. The highest BCUT2D eigenvalue weighted by Gasteiger charge is 2.51. The van der Waals surface area contributed by atoms with E-state index < -0.39 is 60.4 Å².